The van der Waals surface area contributed by atoms with Gasteiger partial charge in [0, 0.05) is 13.1 Å². The molecule has 0 aliphatic heterocycles. The van der Waals surface area contributed by atoms with Crippen LogP contribution in [-0.4, -0.2) is 38.1 Å². The second kappa shape index (κ2) is 14.0. The molecule has 0 aliphatic rings. The maximum atomic E-state index is 11.7. The topological polar surface area (TPSA) is 76.7 Å². The highest BCUT2D eigenvalue weighted by molar-refractivity contribution is 5.77. The first-order valence-electron chi connectivity index (χ1n) is 10.1. The van der Waals surface area contributed by atoms with Crippen molar-refractivity contribution in [2.75, 3.05) is 26.3 Å². The van der Waals surface area contributed by atoms with E-state index in [1.807, 2.05) is 60.7 Å². The second-order valence-electron chi connectivity index (χ2n) is 6.67. The Balaban J connectivity index is 1.36. The fourth-order valence-electron chi connectivity index (χ4n) is 2.67. The first-order valence-corrected chi connectivity index (χ1v) is 10.1. The highest BCUT2D eigenvalue weighted by Gasteiger charge is 2.03. The van der Waals surface area contributed by atoms with Gasteiger partial charge in [-0.3, -0.25) is 9.59 Å². The molecule has 0 fully saturated rings. The highest BCUT2D eigenvalue weighted by atomic mass is 16.5. The normalized spacial score (nSPS) is 10.2. The van der Waals surface area contributed by atoms with Gasteiger partial charge in [-0.15, -0.1) is 0 Å². The molecule has 0 heterocycles. The van der Waals surface area contributed by atoms with Gasteiger partial charge in [-0.2, -0.15) is 0 Å². The Morgan fingerprint density at radius 1 is 0.586 bits per heavy atom. The van der Waals surface area contributed by atoms with Crippen molar-refractivity contribution in [1.82, 2.24) is 10.6 Å². The molecule has 2 rings (SSSR count). The standard InChI is InChI=1S/C23H30N2O4/c26-22(18-28-20-12-6-4-7-13-20)24-16-10-2-1-3-11-17-25-23(27)19-29-21-14-8-5-9-15-21/h4-9,12-15H,1-3,10-11,16-19H2,(H,24,26)(H,25,27). The predicted molar refractivity (Wildman–Crippen MR) is 113 cm³/mol. The van der Waals surface area contributed by atoms with E-state index in [-0.39, 0.29) is 25.0 Å². The average Bonchev–Trinajstić information content (AvgIpc) is 2.76. The fraction of sp³-hybridized carbons (Fsp3) is 0.391. The van der Waals surface area contributed by atoms with Gasteiger partial charge in [-0.05, 0) is 37.1 Å². The summed E-state index contributed by atoms with van der Waals surface area (Å²) >= 11 is 0. The van der Waals surface area contributed by atoms with E-state index in [0.29, 0.717) is 24.6 Å². The Morgan fingerprint density at radius 2 is 0.966 bits per heavy atom. The van der Waals surface area contributed by atoms with Crippen LogP contribution < -0.4 is 20.1 Å². The molecule has 2 aromatic carbocycles. The van der Waals surface area contributed by atoms with Crippen LogP contribution in [0, 0.1) is 0 Å². The van der Waals surface area contributed by atoms with Crippen molar-refractivity contribution in [2.45, 2.75) is 32.1 Å². The zero-order chi connectivity index (χ0) is 20.6. The van der Waals surface area contributed by atoms with Crippen LogP contribution in [0.15, 0.2) is 60.7 Å². The van der Waals surface area contributed by atoms with Crippen molar-refractivity contribution in [2.24, 2.45) is 0 Å². The van der Waals surface area contributed by atoms with E-state index >= 15 is 0 Å². The molecule has 2 aromatic rings. The van der Waals surface area contributed by atoms with E-state index in [4.69, 9.17) is 9.47 Å². The van der Waals surface area contributed by atoms with Crippen LogP contribution in [0.4, 0.5) is 0 Å². The zero-order valence-electron chi connectivity index (χ0n) is 16.8. The molecule has 0 radical (unpaired) electrons. The van der Waals surface area contributed by atoms with Crippen LogP contribution in [0.2, 0.25) is 0 Å². The van der Waals surface area contributed by atoms with E-state index in [1.165, 1.54) is 0 Å². The first kappa shape index (κ1) is 22.3. The lowest BCUT2D eigenvalue weighted by molar-refractivity contribution is -0.123. The molecule has 0 unspecified atom stereocenters. The summed E-state index contributed by atoms with van der Waals surface area (Å²) in [7, 11) is 0. The zero-order valence-corrected chi connectivity index (χ0v) is 16.8. The van der Waals surface area contributed by atoms with Crippen molar-refractivity contribution >= 4 is 11.8 Å². The third-order valence-corrected chi connectivity index (χ3v) is 4.22. The molecule has 0 atom stereocenters. The number of carbonyl (C=O) groups is 2. The number of benzene rings is 2. The molecule has 0 aromatic heterocycles. The monoisotopic (exact) mass is 398 g/mol. The SMILES string of the molecule is O=C(COc1ccccc1)NCCCCCCCNC(=O)COc1ccccc1. The van der Waals surface area contributed by atoms with Crippen LogP contribution in [-0.2, 0) is 9.59 Å². The van der Waals surface area contributed by atoms with Gasteiger partial charge in [0.2, 0.25) is 0 Å². The lowest BCUT2D eigenvalue weighted by Gasteiger charge is -2.08. The fourth-order valence-corrected chi connectivity index (χ4v) is 2.67. The number of rotatable bonds is 14. The third kappa shape index (κ3) is 10.8. The number of unbranched alkanes of at least 4 members (excludes halogenated alkanes) is 4. The van der Waals surface area contributed by atoms with Gasteiger partial charge >= 0.3 is 0 Å². The largest absolute Gasteiger partial charge is 0.484 e. The molecule has 2 N–H and O–H groups in total. The van der Waals surface area contributed by atoms with Crippen molar-refractivity contribution in [3.05, 3.63) is 60.7 Å². The highest BCUT2D eigenvalue weighted by Crippen LogP contribution is 2.08. The van der Waals surface area contributed by atoms with Crippen LogP contribution >= 0.6 is 0 Å². The molecule has 0 saturated heterocycles. The van der Waals surface area contributed by atoms with Crippen LogP contribution in [0.3, 0.4) is 0 Å². The van der Waals surface area contributed by atoms with Crippen molar-refractivity contribution in [3.63, 3.8) is 0 Å². The number of para-hydroxylation sites is 2. The molecule has 0 aliphatic carbocycles. The molecule has 6 heteroatoms. The lowest BCUT2D eigenvalue weighted by Crippen LogP contribution is -2.30. The van der Waals surface area contributed by atoms with Gasteiger partial charge in [0.1, 0.15) is 11.5 Å². The maximum Gasteiger partial charge on any atom is 0.257 e. The van der Waals surface area contributed by atoms with Gasteiger partial charge in [0.05, 0.1) is 0 Å². The van der Waals surface area contributed by atoms with Gasteiger partial charge in [0.15, 0.2) is 13.2 Å². The Labute approximate surface area is 172 Å². The van der Waals surface area contributed by atoms with Gasteiger partial charge < -0.3 is 20.1 Å². The van der Waals surface area contributed by atoms with Crippen molar-refractivity contribution in [1.29, 1.82) is 0 Å². The number of ether oxygens (including phenoxy) is 2. The quantitative estimate of drug-likeness (QED) is 0.479. The summed E-state index contributed by atoms with van der Waals surface area (Å²) in [5.41, 5.74) is 0. The first-order chi connectivity index (χ1) is 14.2. The molecule has 156 valence electrons. The van der Waals surface area contributed by atoms with E-state index in [2.05, 4.69) is 10.6 Å². The summed E-state index contributed by atoms with van der Waals surface area (Å²) in [6.07, 6.45) is 5.05. The number of amides is 2. The molecule has 2 amide bonds. The Hall–Kier alpha value is -3.02. The molecular formula is C23H30N2O4. The van der Waals surface area contributed by atoms with Gasteiger partial charge in [0.25, 0.3) is 11.8 Å². The molecular weight excluding hydrogens is 368 g/mol. The average molecular weight is 399 g/mol. The van der Waals surface area contributed by atoms with Gasteiger partial charge in [-0.1, -0.05) is 55.7 Å². The summed E-state index contributed by atoms with van der Waals surface area (Å²) in [5.74, 6) is 1.19. The Kier molecular flexibility index (Phi) is 10.8. The minimum absolute atomic E-state index is 0.0394. The molecule has 29 heavy (non-hydrogen) atoms. The van der Waals surface area contributed by atoms with E-state index in [0.717, 1.165) is 32.1 Å². The minimum Gasteiger partial charge on any atom is -0.484 e. The van der Waals surface area contributed by atoms with Crippen LogP contribution in [0.1, 0.15) is 32.1 Å². The maximum absolute atomic E-state index is 11.7. The summed E-state index contributed by atoms with van der Waals surface area (Å²) < 4.78 is 10.8. The number of nitrogens with one attached hydrogen (secondary N) is 2. The number of hydrogen-bond acceptors (Lipinski definition) is 4. The number of hydrogen-bond donors (Lipinski definition) is 2. The van der Waals surface area contributed by atoms with E-state index in [9.17, 15) is 9.59 Å². The summed E-state index contributed by atoms with van der Waals surface area (Å²) in [6, 6.07) is 18.6. The van der Waals surface area contributed by atoms with E-state index < -0.39 is 0 Å². The Bertz CT molecular complexity index is 646. The molecule has 0 spiro atoms. The minimum atomic E-state index is -0.103. The second-order valence-corrected chi connectivity index (χ2v) is 6.67. The number of carbonyl (C=O) groups excluding carboxylic acids is 2. The third-order valence-electron chi connectivity index (χ3n) is 4.22. The molecule has 6 nitrogen and oxygen atoms in total. The molecule has 0 bridgehead atoms. The summed E-state index contributed by atoms with van der Waals surface area (Å²) in [5, 5.41) is 5.73. The van der Waals surface area contributed by atoms with Crippen LogP contribution in [0.25, 0.3) is 0 Å². The molecule has 0 saturated carbocycles. The summed E-state index contributed by atoms with van der Waals surface area (Å²) in [6.45, 7) is 1.39. The summed E-state index contributed by atoms with van der Waals surface area (Å²) in [4.78, 5) is 23.4. The van der Waals surface area contributed by atoms with Gasteiger partial charge in [-0.25, -0.2) is 0 Å². The lowest BCUT2D eigenvalue weighted by atomic mass is 10.1. The van der Waals surface area contributed by atoms with Crippen molar-refractivity contribution < 1.29 is 19.1 Å². The Morgan fingerprint density at radius 3 is 1.38 bits per heavy atom. The predicted octanol–water partition coefficient (Wildman–Crippen LogP) is 3.33. The smallest absolute Gasteiger partial charge is 0.257 e. The van der Waals surface area contributed by atoms with Crippen LogP contribution in [0.5, 0.6) is 11.5 Å². The van der Waals surface area contributed by atoms with E-state index in [1.54, 1.807) is 0 Å². The van der Waals surface area contributed by atoms with Crippen molar-refractivity contribution in [3.8, 4) is 11.5 Å².